The van der Waals surface area contributed by atoms with Crippen LogP contribution in [0.2, 0.25) is 18.3 Å². The van der Waals surface area contributed by atoms with E-state index in [1.54, 1.807) is 37.6 Å². The Morgan fingerprint density at radius 1 is 0.850 bits per heavy atom. The van der Waals surface area contributed by atoms with Crippen molar-refractivity contribution in [3.63, 3.8) is 0 Å². The molecule has 1 rings (SSSR count). The van der Waals surface area contributed by atoms with E-state index >= 15 is 0 Å². The van der Waals surface area contributed by atoms with Crippen LogP contribution in [0.15, 0.2) is 24.3 Å². The van der Waals surface area contributed by atoms with Crippen LogP contribution < -0.4 is 0 Å². The van der Waals surface area contributed by atoms with E-state index in [2.05, 4.69) is 26.8 Å². The van der Waals surface area contributed by atoms with E-state index in [0.29, 0.717) is 0 Å². The molecule has 0 atom stereocenters. The molecule has 0 aliphatic heterocycles. The summed E-state index contributed by atoms with van der Waals surface area (Å²) in [6.45, 7) is 7.01. The van der Waals surface area contributed by atoms with Crippen molar-refractivity contribution < 1.29 is 0 Å². The second-order valence-corrected chi connectivity index (χ2v) is 15.8. The Labute approximate surface area is 139 Å². The first-order valence-electron chi connectivity index (χ1n) is 8.36. The molecule has 20 heavy (non-hydrogen) atoms. The molecule has 0 bridgehead atoms. The minimum atomic E-state index is -0.967. The van der Waals surface area contributed by atoms with Crippen molar-refractivity contribution in [2.45, 2.75) is 72.6 Å². The summed E-state index contributed by atoms with van der Waals surface area (Å²) in [4.78, 5) is 0. The van der Waals surface area contributed by atoms with Crippen molar-refractivity contribution in [1.82, 2.24) is 0 Å². The standard InChI is InChI=1S/C6H4Cl.3C4H9.Sn.H/c7-6-4-2-1-3-5-6;3*1-3-4-2;;/h2-5H;3*1,3-4H2,2H3;;. The monoisotopic (exact) mass is 403 g/mol. The minimum absolute atomic E-state index is 0.763. The van der Waals surface area contributed by atoms with Gasteiger partial charge in [0.15, 0.2) is 0 Å². The van der Waals surface area contributed by atoms with Gasteiger partial charge in [0, 0.05) is 5.02 Å². The van der Waals surface area contributed by atoms with Crippen molar-refractivity contribution in [2.24, 2.45) is 0 Å². The number of hydrogen-bond acceptors (Lipinski definition) is 0. The molecule has 1 aromatic rings. The fourth-order valence-electron chi connectivity index (χ4n) is 2.28. The van der Waals surface area contributed by atoms with E-state index in [1.807, 2.05) is 0 Å². The second-order valence-electron chi connectivity index (χ2n) is 5.51. The third kappa shape index (κ3) is 13.3. The predicted octanol–water partition coefficient (Wildman–Crippen LogP) is 6.75. The van der Waals surface area contributed by atoms with Crippen LogP contribution in [0.5, 0.6) is 0 Å². The molecule has 0 aliphatic carbocycles. The zero-order valence-electron chi connectivity index (χ0n) is 13.6. The number of benzene rings is 1. The summed E-state index contributed by atoms with van der Waals surface area (Å²) in [5.74, 6) is 0. The first-order chi connectivity index (χ1) is 9.74. The predicted molar refractivity (Wildman–Crippen MR) is 96.6 cm³/mol. The number of rotatable bonds is 9. The summed E-state index contributed by atoms with van der Waals surface area (Å²) in [5, 5.41) is 0.763. The van der Waals surface area contributed by atoms with Crippen molar-refractivity contribution in [3.05, 3.63) is 35.4 Å². The summed E-state index contributed by atoms with van der Waals surface area (Å²) in [6.07, 6.45) is 8.87. The van der Waals surface area contributed by atoms with E-state index < -0.39 is 19.8 Å². The maximum atomic E-state index is 5.52. The molecule has 0 aliphatic rings. The van der Waals surface area contributed by atoms with Crippen LogP contribution in [0.3, 0.4) is 0 Å². The zero-order valence-corrected chi connectivity index (χ0v) is 17.7. The average Bonchev–Trinajstić information content (AvgIpc) is 2.48. The Kier molecular flexibility index (Phi) is 15.9. The first-order valence-corrected chi connectivity index (χ1v) is 15.7. The molecule has 0 spiro atoms. The van der Waals surface area contributed by atoms with Gasteiger partial charge in [-0.05, 0) is 18.2 Å². The summed E-state index contributed by atoms with van der Waals surface area (Å²) in [5.41, 5.74) is 0. The normalized spacial score (nSPS) is 10.2. The minimum Gasteiger partial charge on any atom is -0.0843 e. The molecular formula is C18H32ClSn. The molecule has 1 radical (unpaired) electrons. The van der Waals surface area contributed by atoms with Gasteiger partial charge >= 0.3 is 92.4 Å². The van der Waals surface area contributed by atoms with Gasteiger partial charge in [0.1, 0.15) is 0 Å². The van der Waals surface area contributed by atoms with Crippen LogP contribution in [0.1, 0.15) is 59.3 Å². The molecule has 0 N–H and O–H groups in total. The largest absolute Gasteiger partial charge is 0.0843 e. The molecule has 0 saturated heterocycles. The topological polar surface area (TPSA) is 0 Å². The maximum Gasteiger partial charge on any atom is 0.0406 e. The van der Waals surface area contributed by atoms with E-state index in [1.165, 1.54) is 38.5 Å². The third-order valence-electron chi connectivity index (χ3n) is 3.58. The number of unbranched alkanes of at least 4 members (excludes halogenated alkanes) is 3. The third-order valence-corrected chi connectivity index (χ3v) is 14.3. The summed E-state index contributed by atoms with van der Waals surface area (Å²) >= 11 is 4.55. The van der Waals surface area contributed by atoms with Gasteiger partial charge < -0.3 is 0 Å². The van der Waals surface area contributed by atoms with Crippen molar-refractivity contribution in [3.8, 4) is 0 Å². The maximum absolute atomic E-state index is 5.52. The van der Waals surface area contributed by atoms with Gasteiger partial charge in [0.25, 0.3) is 0 Å². The molecule has 0 heterocycles. The quantitative estimate of drug-likeness (QED) is 0.401. The van der Waals surface area contributed by atoms with Crippen molar-refractivity contribution in [2.75, 3.05) is 0 Å². The molecule has 0 fully saturated rings. The molecule has 0 unspecified atom stereocenters. The molecule has 0 saturated carbocycles. The molecule has 115 valence electrons. The molecule has 0 nitrogen and oxygen atoms in total. The SMILES string of the molecule is CCC[CH2][SnH]([CH2]CCC)[CH2]CCC.Clc1cc[c]cc1. The van der Waals surface area contributed by atoms with Crippen molar-refractivity contribution in [1.29, 1.82) is 0 Å². The van der Waals surface area contributed by atoms with Crippen molar-refractivity contribution >= 4 is 31.4 Å². The van der Waals surface area contributed by atoms with Crippen LogP contribution >= 0.6 is 11.6 Å². The Hall–Kier alpha value is 0.309. The van der Waals surface area contributed by atoms with Gasteiger partial charge in [0.2, 0.25) is 0 Å². The van der Waals surface area contributed by atoms with Crippen LogP contribution in [0, 0.1) is 6.07 Å². The van der Waals surface area contributed by atoms with Crippen LogP contribution in [-0.4, -0.2) is 19.8 Å². The smallest absolute Gasteiger partial charge is 0.0406 e. The van der Waals surface area contributed by atoms with Gasteiger partial charge in [-0.25, -0.2) is 0 Å². The Morgan fingerprint density at radius 2 is 1.25 bits per heavy atom. The Morgan fingerprint density at radius 3 is 1.50 bits per heavy atom. The summed E-state index contributed by atoms with van der Waals surface area (Å²) in [6, 6.07) is 10.00. The molecule has 0 amide bonds. The van der Waals surface area contributed by atoms with Gasteiger partial charge in [0.05, 0.1) is 0 Å². The molecule has 1 aromatic carbocycles. The summed E-state index contributed by atoms with van der Waals surface area (Å²) < 4.78 is 5.08. The fourth-order valence-corrected chi connectivity index (χ4v) is 13.3. The van der Waals surface area contributed by atoms with Gasteiger partial charge in [-0.3, -0.25) is 0 Å². The zero-order chi connectivity index (χ0) is 15.1. The Balaban J connectivity index is 0.000000428. The number of hydrogen-bond donors (Lipinski definition) is 0. The first kappa shape index (κ1) is 20.3. The van der Waals surface area contributed by atoms with E-state index in [9.17, 15) is 0 Å². The van der Waals surface area contributed by atoms with E-state index in [0.717, 1.165) is 5.02 Å². The van der Waals surface area contributed by atoms with E-state index in [4.69, 9.17) is 11.6 Å². The fraction of sp³-hybridized carbons (Fsp3) is 0.667. The van der Waals surface area contributed by atoms with E-state index in [-0.39, 0.29) is 0 Å². The summed E-state index contributed by atoms with van der Waals surface area (Å²) in [7, 11) is 0. The van der Waals surface area contributed by atoms with Gasteiger partial charge in [-0.15, -0.1) is 0 Å². The second kappa shape index (κ2) is 15.7. The Bertz CT molecular complexity index is 268. The molecule has 0 aromatic heterocycles. The number of halogens is 1. The van der Waals surface area contributed by atoms with Crippen LogP contribution in [-0.2, 0) is 0 Å². The average molecular weight is 403 g/mol. The molecular weight excluding hydrogens is 370 g/mol. The van der Waals surface area contributed by atoms with Crippen LogP contribution in [0.4, 0.5) is 0 Å². The van der Waals surface area contributed by atoms with Crippen LogP contribution in [0.25, 0.3) is 0 Å². The van der Waals surface area contributed by atoms with Gasteiger partial charge in [-0.2, -0.15) is 0 Å². The van der Waals surface area contributed by atoms with Gasteiger partial charge in [-0.1, -0.05) is 23.7 Å². The molecule has 2 heteroatoms.